The molecule has 2 saturated heterocycles. The van der Waals surface area contributed by atoms with Gasteiger partial charge >= 0.3 is 0 Å². The highest BCUT2D eigenvalue weighted by atomic mass is 16.5. The number of aromatic nitrogens is 3. The fourth-order valence-corrected chi connectivity index (χ4v) is 3.45. The van der Waals surface area contributed by atoms with E-state index in [4.69, 9.17) is 4.74 Å². The van der Waals surface area contributed by atoms with Crippen LogP contribution in [0.1, 0.15) is 10.5 Å². The van der Waals surface area contributed by atoms with Crippen molar-refractivity contribution in [3.8, 4) is 0 Å². The van der Waals surface area contributed by atoms with E-state index in [1.807, 2.05) is 23.1 Å². The molecule has 1 N–H and O–H groups in total. The molecule has 7 nitrogen and oxygen atoms in total. The molecule has 0 saturated carbocycles. The minimum absolute atomic E-state index is 0.0717. The topological polar surface area (TPSA) is 80.2 Å². The Morgan fingerprint density at radius 3 is 3.00 bits per heavy atom. The number of carbonyl (C=O) groups is 1. The van der Waals surface area contributed by atoms with E-state index in [1.165, 1.54) is 6.20 Å². The van der Waals surface area contributed by atoms with Crippen molar-refractivity contribution in [2.75, 3.05) is 31.6 Å². The lowest BCUT2D eigenvalue weighted by Gasteiger charge is -2.20. The van der Waals surface area contributed by atoms with Crippen molar-refractivity contribution < 1.29 is 9.53 Å². The van der Waals surface area contributed by atoms with Crippen LogP contribution in [-0.4, -0.2) is 58.1 Å². The number of pyridine rings is 1. The second-order valence-corrected chi connectivity index (χ2v) is 6.19. The van der Waals surface area contributed by atoms with Crippen LogP contribution in [0.2, 0.25) is 0 Å². The molecule has 3 atom stereocenters. The number of amides is 1. The first kappa shape index (κ1) is 15.0. The summed E-state index contributed by atoms with van der Waals surface area (Å²) < 4.78 is 5.90. The van der Waals surface area contributed by atoms with Crippen LogP contribution in [-0.2, 0) is 4.74 Å². The van der Waals surface area contributed by atoms with Crippen molar-refractivity contribution in [2.45, 2.75) is 6.10 Å². The van der Waals surface area contributed by atoms with Crippen molar-refractivity contribution in [1.29, 1.82) is 0 Å². The first-order valence-corrected chi connectivity index (χ1v) is 8.13. The molecule has 0 spiro atoms. The molecule has 0 unspecified atom stereocenters. The van der Waals surface area contributed by atoms with Gasteiger partial charge in [0.1, 0.15) is 11.5 Å². The van der Waals surface area contributed by atoms with Crippen molar-refractivity contribution in [1.82, 2.24) is 19.9 Å². The molecule has 2 aliphatic heterocycles. The van der Waals surface area contributed by atoms with Gasteiger partial charge in [0.05, 0.1) is 18.9 Å². The van der Waals surface area contributed by atoms with E-state index in [0.29, 0.717) is 30.6 Å². The first-order chi connectivity index (χ1) is 11.8. The van der Waals surface area contributed by atoms with Crippen LogP contribution in [0.3, 0.4) is 0 Å². The lowest BCUT2D eigenvalue weighted by atomic mass is 9.93. The van der Waals surface area contributed by atoms with Crippen LogP contribution >= 0.6 is 0 Å². The van der Waals surface area contributed by atoms with Crippen LogP contribution in [0, 0.1) is 11.8 Å². The summed E-state index contributed by atoms with van der Waals surface area (Å²) in [6.07, 6.45) is 6.50. The maximum absolute atomic E-state index is 12.5. The second kappa shape index (κ2) is 6.52. The SMILES string of the molecule is O=C(c1cnccn1)N1C[C@H]2[C@H](CNc3ccccn3)CO[C@H]2C1. The number of anilines is 1. The van der Waals surface area contributed by atoms with E-state index in [-0.39, 0.29) is 12.0 Å². The third-order valence-corrected chi connectivity index (χ3v) is 4.72. The van der Waals surface area contributed by atoms with Crippen molar-refractivity contribution >= 4 is 11.7 Å². The summed E-state index contributed by atoms with van der Waals surface area (Å²) in [5, 5.41) is 3.36. The number of fused-ring (bicyclic) bond motifs is 1. The van der Waals surface area contributed by atoms with Crippen LogP contribution in [0.5, 0.6) is 0 Å². The smallest absolute Gasteiger partial charge is 0.274 e. The van der Waals surface area contributed by atoms with Gasteiger partial charge in [-0.3, -0.25) is 9.78 Å². The van der Waals surface area contributed by atoms with E-state index in [2.05, 4.69) is 20.3 Å². The van der Waals surface area contributed by atoms with Gasteiger partial charge in [-0.15, -0.1) is 0 Å². The van der Waals surface area contributed by atoms with E-state index < -0.39 is 0 Å². The summed E-state index contributed by atoms with van der Waals surface area (Å²) in [5.41, 5.74) is 0.389. The number of hydrogen-bond donors (Lipinski definition) is 1. The Balaban J connectivity index is 1.37. The van der Waals surface area contributed by atoms with E-state index >= 15 is 0 Å². The van der Waals surface area contributed by atoms with Gasteiger partial charge in [-0.2, -0.15) is 0 Å². The van der Waals surface area contributed by atoms with Crippen LogP contribution in [0.4, 0.5) is 5.82 Å². The Morgan fingerprint density at radius 2 is 2.21 bits per heavy atom. The first-order valence-electron chi connectivity index (χ1n) is 8.13. The Morgan fingerprint density at radius 1 is 1.25 bits per heavy atom. The fraction of sp³-hybridized carbons (Fsp3) is 0.412. The number of ether oxygens (including phenoxy) is 1. The number of nitrogens with zero attached hydrogens (tertiary/aromatic N) is 4. The van der Waals surface area contributed by atoms with Crippen molar-refractivity contribution in [3.05, 3.63) is 48.7 Å². The lowest BCUT2D eigenvalue weighted by Crippen LogP contribution is -2.32. The fourth-order valence-electron chi connectivity index (χ4n) is 3.45. The predicted octanol–water partition coefficient (Wildman–Crippen LogP) is 1.07. The highest BCUT2D eigenvalue weighted by molar-refractivity contribution is 5.92. The summed E-state index contributed by atoms with van der Waals surface area (Å²) in [4.78, 5) is 26.7. The van der Waals surface area contributed by atoms with Gasteiger partial charge < -0.3 is 15.0 Å². The molecule has 7 heteroatoms. The van der Waals surface area contributed by atoms with Crippen LogP contribution in [0.25, 0.3) is 0 Å². The molecule has 0 aromatic carbocycles. The van der Waals surface area contributed by atoms with E-state index in [1.54, 1.807) is 18.6 Å². The zero-order valence-electron chi connectivity index (χ0n) is 13.2. The standard InChI is InChI=1S/C17H19N5O2/c23-17(14-8-18-5-6-19-14)22-9-13-12(11-24-15(13)10-22)7-21-16-3-1-2-4-20-16/h1-6,8,12-13,15H,7,9-11H2,(H,20,21)/t12-,13+,15+/m1/s1. The highest BCUT2D eigenvalue weighted by Gasteiger charge is 2.45. The molecule has 0 radical (unpaired) electrons. The molecule has 2 aromatic heterocycles. The van der Waals surface area contributed by atoms with E-state index in [9.17, 15) is 4.79 Å². The summed E-state index contributed by atoms with van der Waals surface area (Å²) in [6.45, 7) is 2.85. The summed E-state index contributed by atoms with van der Waals surface area (Å²) >= 11 is 0. The third-order valence-electron chi connectivity index (χ3n) is 4.72. The molecule has 1 amide bonds. The molecule has 2 aliphatic rings. The summed E-state index contributed by atoms with van der Waals surface area (Å²) in [6, 6.07) is 5.80. The largest absolute Gasteiger partial charge is 0.376 e. The number of hydrogen-bond acceptors (Lipinski definition) is 6. The van der Waals surface area contributed by atoms with Crippen molar-refractivity contribution in [2.24, 2.45) is 11.8 Å². The molecule has 2 aromatic rings. The van der Waals surface area contributed by atoms with Gasteiger partial charge in [-0.05, 0) is 12.1 Å². The third kappa shape index (κ3) is 2.94. The quantitative estimate of drug-likeness (QED) is 0.906. The number of rotatable bonds is 4. The molecule has 0 bridgehead atoms. The molecule has 2 fully saturated rings. The molecular weight excluding hydrogens is 306 g/mol. The van der Waals surface area contributed by atoms with Gasteiger partial charge in [0.25, 0.3) is 5.91 Å². The summed E-state index contributed by atoms with van der Waals surface area (Å²) in [7, 11) is 0. The molecule has 124 valence electrons. The van der Waals surface area contributed by atoms with Gasteiger partial charge in [-0.25, -0.2) is 9.97 Å². The normalized spacial score (nSPS) is 25.5. The average molecular weight is 325 g/mol. The average Bonchev–Trinajstić information content (AvgIpc) is 3.22. The maximum atomic E-state index is 12.5. The van der Waals surface area contributed by atoms with E-state index in [0.717, 1.165) is 19.0 Å². The van der Waals surface area contributed by atoms with Gasteiger partial charge in [0.15, 0.2) is 0 Å². The number of nitrogens with one attached hydrogen (secondary N) is 1. The second-order valence-electron chi connectivity index (χ2n) is 6.19. The molecular formula is C17H19N5O2. The molecule has 4 rings (SSSR count). The van der Waals surface area contributed by atoms with Gasteiger partial charge in [-0.1, -0.05) is 6.07 Å². The molecule has 24 heavy (non-hydrogen) atoms. The van der Waals surface area contributed by atoms with Gasteiger partial charge in [0.2, 0.25) is 0 Å². The highest BCUT2D eigenvalue weighted by Crippen LogP contribution is 2.34. The zero-order valence-corrected chi connectivity index (χ0v) is 13.2. The minimum Gasteiger partial charge on any atom is -0.376 e. The molecule has 0 aliphatic carbocycles. The van der Waals surface area contributed by atoms with Crippen LogP contribution in [0.15, 0.2) is 43.0 Å². The Hall–Kier alpha value is -2.54. The summed E-state index contributed by atoms with van der Waals surface area (Å²) in [5.74, 6) is 1.52. The van der Waals surface area contributed by atoms with Crippen molar-refractivity contribution in [3.63, 3.8) is 0 Å². The monoisotopic (exact) mass is 325 g/mol. The Bertz CT molecular complexity index is 697. The Kier molecular flexibility index (Phi) is 4.08. The number of carbonyl (C=O) groups excluding carboxylic acids is 1. The Labute approximate surface area is 140 Å². The maximum Gasteiger partial charge on any atom is 0.274 e. The number of likely N-dealkylation sites (tertiary alicyclic amines) is 1. The molecule has 4 heterocycles. The predicted molar refractivity (Wildman–Crippen MR) is 87.4 cm³/mol. The zero-order chi connectivity index (χ0) is 16.4. The minimum atomic E-state index is -0.0717. The van der Waals surface area contributed by atoms with Gasteiger partial charge in [0, 0.05) is 50.1 Å². The van der Waals surface area contributed by atoms with Crippen LogP contribution < -0.4 is 5.32 Å². The lowest BCUT2D eigenvalue weighted by molar-refractivity contribution is 0.0675.